The zero-order valence-electron chi connectivity index (χ0n) is 13.8. The van der Waals surface area contributed by atoms with Crippen LogP contribution in [0.3, 0.4) is 0 Å². The van der Waals surface area contributed by atoms with Crippen molar-refractivity contribution in [3.05, 3.63) is 35.4 Å². The molecule has 0 saturated heterocycles. The maximum Gasteiger partial charge on any atom is 0.0951 e. The summed E-state index contributed by atoms with van der Waals surface area (Å²) < 4.78 is 6.17. The summed E-state index contributed by atoms with van der Waals surface area (Å²) in [6.07, 6.45) is 2.40. The van der Waals surface area contributed by atoms with E-state index in [1.165, 1.54) is 11.1 Å². The van der Waals surface area contributed by atoms with Gasteiger partial charge in [0.15, 0.2) is 0 Å². The molecule has 1 aromatic rings. The zero-order valence-corrected chi connectivity index (χ0v) is 13.8. The van der Waals surface area contributed by atoms with Crippen molar-refractivity contribution in [3.63, 3.8) is 0 Å². The summed E-state index contributed by atoms with van der Waals surface area (Å²) in [6.45, 7) is 13.9. The largest absolute Gasteiger partial charge is 0.372 e. The quantitative estimate of drug-likeness (QED) is 0.707. The molecule has 1 unspecified atom stereocenters. The highest BCUT2D eigenvalue weighted by Gasteiger charge is 2.16. The number of benzene rings is 1. The van der Waals surface area contributed by atoms with Crippen molar-refractivity contribution in [1.29, 1.82) is 0 Å². The number of hydrogen-bond donors (Lipinski definition) is 1. The Hall–Kier alpha value is -0.860. The van der Waals surface area contributed by atoms with Crippen LogP contribution in [0.5, 0.6) is 0 Å². The molecule has 1 N–H and O–H groups in total. The normalized spacial score (nSPS) is 13.4. The topological polar surface area (TPSA) is 21.3 Å². The second-order valence-corrected chi connectivity index (χ2v) is 6.73. The maximum atomic E-state index is 6.17. The fraction of sp³-hybridized carbons (Fsp3) is 0.667. The predicted molar refractivity (Wildman–Crippen MR) is 87.1 cm³/mol. The fourth-order valence-corrected chi connectivity index (χ4v) is 2.12. The van der Waals surface area contributed by atoms with Crippen LogP contribution in [0, 0.1) is 12.3 Å². The minimum atomic E-state index is 0.157. The third-order valence-corrected chi connectivity index (χ3v) is 3.46. The molecule has 0 aromatic heterocycles. The minimum Gasteiger partial charge on any atom is -0.372 e. The van der Waals surface area contributed by atoms with Gasteiger partial charge in [-0.15, -0.1) is 0 Å². The first-order valence-electron chi connectivity index (χ1n) is 7.82. The minimum absolute atomic E-state index is 0.157. The molecular formula is C18H31NO. The van der Waals surface area contributed by atoms with Crippen LogP contribution < -0.4 is 5.32 Å². The molecule has 1 aromatic carbocycles. The first-order chi connectivity index (χ1) is 9.44. The van der Waals surface area contributed by atoms with Crippen molar-refractivity contribution in [2.75, 3.05) is 19.7 Å². The molecule has 114 valence electrons. The van der Waals surface area contributed by atoms with Crippen molar-refractivity contribution >= 4 is 0 Å². The van der Waals surface area contributed by atoms with Gasteiger partial charge in [-0.2, -0.15) is 0 Å². The van der Waals surface area contributed by atoms with Crippen LogP contribution in [0.15, 0.2) is 24.3 Å². The van der Waals surface area contributed by atoms with Gasteiger partial charge in [-0.1, -0.05) is 52.0 Å². The monoisotopic (exact) mass is 277 g/mol. The standard InChI is InChI=1S/C18H31NO/c1-6-12-19-14-17(20-13-11-18(3,4)5)16-10-8-7-9-15(16)2/h7-10,17,19H,6,11-14H2,1-5H3. The van der Waals surface area contributed by atoms with Crippen LogP contribution in [0.1, 0.15) is 57.8 Å². The van der Waals surface area contributed by atoms with Gasteiger partial charge in [0.2, 0.25) is 0 Å². The van der Waals surface area contributed by atoms with Gasteiger partial charge in [0, 0.05) is 13.2 Å². The Morgan fingerprint density at radius 1 is 1.20 bits per heavy atom. The molecule has 0 aliphatic heterocycles. The molecule has 0 aliphatic rings. The van der Waals surface area contributed by atoms with Gasteiger partial charge in [-0.05, 0) is 42.9 Å². The van der Waals surface area contributed by atoms with Crippen molar-refractivity contribution in [3.8, 4) is 0 Å². The highest BCUT2D eigenvalue weighted by atomic mass is 16.5. The molecule has 2 heteroatoms. The van der Waals surface area contributed by atoms with E-state index >= 15 is 0 Å². The molecular weight excluding hydrogens is 246 g/mol. The van der Waals surface area contributed by atoms with E-state index in [4.69, 9.17) is 4.74 Å². The summed E-state index contributed by atoms with van der Waals surface area (Å²) in [7, 11) is 0. The fourth-order valence-electron chi connectivity index (χ4n) is 2.12. The van der Waals surface area contributed by atoms with Crippen molar-refractivity contribution in [2.24, 2.45) is 5.41 Å². The molecule has 20 heavy (non-hydrogen) atoms. The molecule has 0 saturated carbocycles. The first kappa shape index (κ1) is 17.2. The van der Waals surface area contributed by atoms with E-state index in [2.05, 4.69) is 64.2 Å². The van der Waals surface area contributed by atoms with E-state index in [1.807, 2.05) is 0 Å². The molecule has 0 aliphatic carbocycles. The highest BCUT2D eigenvalue weighted by molar-refractivity contribution is 5.28. The molecule has 1 rings (SSSR count). The molecule has 0 radical (unpaired) electrons. The Kier molecular flexibility index (Phi) is 7.25. The molecule has 0 amide bonds. The lowest BCUT2D eigenvalue weighted by Crippen LogP contribution is -2.25. The molecule has 0 spiro atoms. The molecule has 0 fully saturated rings. The summed E-state index contributed by atoms with van der Waals surface area (Å²) in [4.78, 5) is 0. The number of rotatable bonds is 8. The predicted octanol–water partition coefficient (Wildman–Crippen LogP) is 4.49. The average molecular weight is 277 g/mol. The SMILES string of the molecule is CCCNCC(OCCC(C)(C)C)c1ccccc1C. The molecule has 0 heterocycles. The van der Waals surface area contributed by atoms with Crippen molar-refractivity contribution in [2.45, 2.75) is 53.6 Å². The average Bonchev–Trinajstić information content (AvgIpc) is 2.37. The van der Waals surface area contributed by atoms with Gasteiger partial charge in [0.25, 0.3) is 0 Å². The lowest BCUT2D eigenvalue weighted by molar-refractivity contribution is 0.0367. The second kappa shape index (κ2) is 8.43. The van der Waals surface area contributed by atoms with E-state index in [0.29, 0.717) is 5.41 Å². The summed E-state index contributed by atoms with van der Waals surface area (Å²) in [5.74, 6) is 0. The second-order valence-electron chi connectivity index (χ2n) is 6.73. The van der Waals surface area contributed by atoms with Crippen molar-refractivity contribution < 1.29 is 4.74 Å². The number of hydrogen-bond acceptors (Lipinski definition) is 2. The van der Waals surface area contributed by atoms with Gasteiger partial charge in [0.1, 0.15) is 0 Å². The number of aryl methyl sites for hydroxylation is 1. The number of ether oxygens (including phenoxy) is 1. The Balaban J connectivity index is 2.63. The van der Waals surface area contributed by atoms with Crippen molar-refractivity contribution in [1.82, 2.24) is 5.32 Å². The van der Waals surface area contributed by atoms with Crippen LogP contribution in [0.2, 0.25) is 0 Å². The van der Waals surface area contributed by atoms with Crippen LogP contribution in [-0.4, -0.2) is 19.7 Å². The summed E-state index contributed by atoms with van der Waals surface area (Å²) >= 11 is 0. The summed E-state index contributed by atoms with van der Waals surface area (Å²) in [5.41, 5.74) is 2.95. The first-order valence-corrected chi connectivity index (χ1v) is 7.82. The molecule has 1 atom stereocenters. The Labute approximate surface area is 124 Å². The Bertz CT molecular complexity index is 381. The number of nitrogens with one attached hydrogen (secondary N) is 1. The van der Waals surface area contributed by atoms with Crippen LogP contribution in [0.25, 0.3) is 0 Å². The van der Waals surface area contributed by atoms with Gasteiger partial charge in [0.05, 0.1) is 6.10 Å². The van der Waals surface area contributed by atoms with E-state index < -0.39 is 0 Å². The maximum absolute atomic E-state index is 6.17. The van der Waals surface area contributed by atoms with Gasteiger partial charge >= 0.3 is 0 Å². The van der Waals surface area contributed by atoms with Gasteiger partial charge in [-0.25, -0.2) is 0 Å². The van der Waals surface area contributed by atoms with Gasteiger partial charge in [-0.3, -0.25) is 0 Å². The third kappa shape index (κ3) is 6.53. The summed E-state index contributed by atoms with van der Waals surface area (Å²) in [6, 6.07) is 8.53. The molecule has 0 bridgehead atoms. The Morgan fingerprint density at radius 2 is 1.90 bits per heavy atom. The lowest BCUT2D eigenvalue weighted by atomic mass is 9.93. The van der Waals surface area contributed by atoms with Crippen LogP contribution >= 0.6 is 0 Å². The highest BCUT2D eigenvalue weighted by Crippen LogP contribution is 2.24. The summed E-state index contributed by atoms with van der Waals surface area (Å²) in [5, 5.41) is 3.48. The lowest BCUT2D eigenvalue weighted by Gasteiger charge is -2.24. The van der Waals surface area contributed by atoms with E-state index in [0.717, 1.165) is 32.5 Å². The van der Waals surface area contributed by atoms with E-state index in [9.17, 15) is 0 Å². The van der Waals surface area contributed by atoms with Gasteiger partial charge < -0.3 is 10.1 Å². The van der Waals surface area contributed by atoms with E-state index in [-0.39, 0.29) is 6.10 Å². The molecule has 2 nitrogen and oxygen atoms in total. The van der Waals surface area contributed by atoms with E-state index in [1.54, 1.807) is 0 Å². The van der Waals surface area contributed by atoms with Crippen LogP contribution in [-0.2, 0) is 4.74 Å². The zero-order chi connectivity index (χ0) is 15.0. The third-order valence-electron chi connectivity index (χ3n) is 3.46. The Morgan fingerprint density at radius 3 is 2.50 bits per heavy atom. The van der Waals surface area contributed by atoms with Crippen LogP contribution in [0.4, 0.5) is 0 Å². The smallest absolute Gasteiger partial charge is 0.0951 e.